The number of hydrogen-bond donors (Lipinski definition) is 0. The van der Waals surface area contributed by atoms with E-state index in [0.29, 0.717) is 19.0 Å². The third kappa shape index (κ3) is 2.55. The molecule has 2 saturated heterocycles. The molecule has 0 N–H and O–H groups in total. The van der Waals surface area contributed by atoms with Crippen LogP contribution in [0.5, 0.6) is 0 Å². The van der Waals surface area contributed by atoms with E-state index in [4.69, 9.17) is 0 Å². The van der Waals surface area contributed by atoms with E-state index in [-0.39, 0.29) is 12.1 Å². The third-order valence-electron chi connectivity index (χ3n) is 4.54. The maximum Gasteiger partial charge on any atom is 0.324 e. The van der Waals surface area contributed by atoms with Gasteiger partial charge in [0.05, 0.1) is 30.3 Å². The highest BCUT2D eigenvalue weighted by Gasteiger charge is 2.30. The molecular weight excluding hydrogens is 313 g/mol. The Morgan fingerprint density at radius 3 is 2.67 bits per heavy atom. The largest absolute Gasteiger partial charge is 0.339 e. The molecule has 2 aliphatic rings. The van der Waals surface area contributed by atoms with Crippen LogP contribution in [0.2, 0.25) is 0 Å². The molecule has 0 bridgehead atoms. The van der Waals surface area contributed by atoms with E-state index in [0.717, 1.165) is 25.2 Å². The van der Waals surface area contributed by atoms with Gasteiger partial charge in [0.25, 0.3) is 0 Å². The predicted molar refractivity (Wildman–Crippen MR) is 85.5 cm³/mol. The second-order valence-electron chi connectivity index (χ2n) is 6.12. The van der Waals surface area contributed by atoms with Crippen LogP contribution in [0, 0.1) is 5.82 Å². The predicted octanol–water partition coefficient (Wildman–Crippen LogP) is 1.14. The van der Waals surface area contributed by atoms with Gasteiger partial charge in [-0.2, -0.15) is 5.10 Å². The van der Waals surface area contributed by atoms with Gasteiger partial charge in [-0.05, 0) is 6.42 Å². The normalized spacial score (nSPS) is 21.2. The van der Waals surface area contributed by atoms with Gasteiger partial charge >= 0.3 is 6.03 Å². The summed E-state index contributed by atoms with van der Waals surface area (Å²) < 4.78 is 14.8. The second kappa shape index (κ2) is 5.73. The topological polar surface area (TPSA) is 70.4 Å². The van der Waals surface area contributed by atoms with Crippen LogP contribution in [0.3, 0.4) is 0 Å². The third-order valence-corrected chi connectivity index (χ3v) is 4.54. The molecule has 8 nitrogen and oxygen atoms in total. The van der Waals surface area contributed by atoms with E-state index in [9.17, 15) is 9.18 Å². The van der Waals surface area contributed by atoms with Gasteiger partial charge in [-0.25, -0.2) is 19.2 Å². The van der Waals surface area contributed by atoms with Gasteiger partial charge in [-0.15, -0.1) is 0 Å². The minimum absolute atomic E-state index is 0.00214. The van der Waals surface area contributed by atoms with E-state index in [2.05, 4.69) is 15.1 Å². The monoisotopic (exact) mass is 331 g/mol. The van der Waals surface area contributed by atoms with Crippen LogP contribution in [0.4, 0.5) is 20.8 Å². The van der Waals surface area contributed by atoms with E-state index >= 15 is 0 Å². The van der Waals surface area contributed by atoms with Crippen molar-refractivity contribution in [3.05, 3.63) is 30.6 Å². The molecule has 4 rings (SSSR count). The number of anilines is 2. The summed E-state index contributed by atoms with van der Waals surface area (Å²) in [4.78, 5) is 25.6. The van der Waals surface area contributed by atoms with Crippen molar-refractivity contribution in [3.63, 3.8) is 0 Å². The molecule has 0 aromatic carbocycles. The number of halogens is 1. The van der Waals surface area contributed by atoms with Crippen molar-refractivity contribution in [1.29, 1.82) is 0 Å². The second-order valence-corrected chi connectivity index (χ2v) is 6.12. The molecule has 0 saturated carbocycles. The standard InChI is InChI=1S/C15H18FN7O/c1-20-4-5-22(15(20)24)13-8-19-23(10-13)12-2-3-21(9-12)14-17-6-11(16)7-18-14/h6-8,10,12H,2-5,9H2,1H3. The van der Waals surface area contributed by atoms with Crippen LogP contribution >= 0.6 is 0 Å². The van der Waals surface area contributed by atoms with Crippen molar-refractivity contribution in [2.75, 3.05) is 43.0 Å². The number of carbonyl (C=O) groups is 1. The van der Waals surface area contributed by atoms with Crippen LogP contribution in [0.25, 0.3) is 0 Å². The molecule has 24 heavy (non-hydrogen) atoms. The van der Waals surface area contributed by atoms with Gasteiger partial charge in [0.2, 0.25) is 5.95 Å². The average molecular weight is 331 g/mol. The van der Waals surface area contributed by atoms with Gasteiger partial charge in [0.1, 0.15) is 0 Å². The quantitative estimate of drug-likeness (QED) is 0.843. The first kappa shape index (κ1) is 14.9. The fraction of sp³-hybridized carbons (Fsp3) is 0.467. The maximum absolute atomic E-state index is 12.9. The molecule has 2 fully saturated rings. The highest BCUT2D eigenvalue weighted by Crippen LogP contribution is 2.26. The van der Waals surface area contributed by atoms with Gasteiger partial charge in [-0.3, -0.25) is 9.58 Å². The van der Waals surface area contributed by atoms with Crippen LogP contribution in [0.1, 0.15) is 12.5 Å². The van der Waals surface area contributed by atoms with Gasteiger partial charge in [0.15, 0.2) is 5.82 Å². The van der Waals surface area contributed by atoms with Crippen LogP contribution < -0.4 is 9.80 Å². The lowest BCUT2D eigenvalue weighted by molar-refractivity contribution is 0.229. The molecule has 2 aliphatic heterocycles. The average Bonchev–Trinajstić information content (AvgIpc) is 3.29. The molecule has 0 aliphatic carbocycles. The fourth-order valence-electron chi connectivity index (χ4n) is 3.16. The first-order valence-electron chi connectivity index (χ1n) is 7.91. The minimum Gasteiger partial charge on any atom is -0.339 e. The van der Waals surface area contributed by atoms with Crippen molar-refractivity contribution in [2.24, 2.45) is 0 Å². The van der Waals surface area contributed by atoms with Crippen molar-refractivity contribution in [3.8, 4) is 0 Å². The van der Waals surface area contributed by atoms with Crippen LogP contribution in [-0.2, 0) is 0 Å². The Balaban J connectivity index is 1.46. The van der Waals surface area contributed by atoms with Gasteiger partial charge in [-0.1, -0.05) is 0 Å². The van der Waals surface area contributed by atoms with Crippen molar-refractivity contribution in [2.45, 2.75) is 12.5 Å². The first-order valence-corrected chi connectivity index (χ1v) is 7.91. The maximum atomic E-state index is 12.9. The Hall–Kier alpha value is -2.71. The molecule has 9 heteroatoms. The number of rotatable bonds is 3. The summed E-state index contributed by atoms with van der Waals surface area (Å²) in [6.07, 6.45) is 6.90. The zero-order valence-electron chi connectivity index (χ0n) is 13.3. The Kier molecular flexibility index (Phi) is 3.55. The van der Waals surface area contributed by atoms with Crippen molar-refractivity contribution in [1.82, 2.24) is 24.6 Å². The number of likely N-dealkylation sites (N-methyl/N-ethyl adjacent to an activating group) is 1. The Morgan fingerprint density at radius 1 is 1.17 bits per heavy atom. The zero-order chi connectivity index (χ0) is 16.7. The lowest BCUT2D eigenvalue weighted by Gasteiger charge is -2.16. The number of hydrogen-bond acceptors (Lipinski definition) is 5. The zero-order valence-corrected chi connectivity index (χ0v) is 13.3. The fourth-order valence-corrected chi connectivity index (χ4v) is 3.16. The Labute approximate surface area is 138 Å². The van der Waals surface area contributed by atoms with E-state index in [1.165, 1.54) is 12.4 Å². The lowest BCUT2D eigenvalue weighted by atomic mass is 10.3. The van der Waals surface area contributed by atoms with Crippen molar-refractivity contribution < 1.29 is 9.18 Å². The molecule has 1 unspecified atom stereocenters. The lowest BCUT2D eigenvalue weighted by Crippen LogP contribution is -2.28. The molecule has 1 atom stereocenters. The Morgan fingerprint density at radius 2 is 1.96 bits per heavy atom. The molecule has 4 heterocycles. The summed E-state index contributed by atoms with van der Waals surface area (Å²) in [6, 6.07) is 0.185. The molecule has 0 radical (unpaired) electrons. The number of urea groups is 1. The summed E-state index contributed by atoms with van der Waals surface area (Å²) >= 11 is 0. The molecule has 2 aromatic heterocycles. The van der Waals surface area contributed by atoms with Crippen LogP contribution in [-0.4, -0.2) is 63.9 Å². The number of carbonyl (C=O) groups excluding carboxylic acids is 1. The van der Waals surface area contributed by atoms with Crippen molar-refractivity contribution >= 4 is 17.7 Å². The molecular formula is C15H18FN7O. The highest BCUT2D eigenvalue weighted by atomic mass is 19.1. The van der Waals surface area contributed by atoms with E-state index in [1.807, 2.05) is 15.8 Å². The molecule has 2 aromatic rings. The molecule has 2 amide bonds. The smallest absolute Gasteiger partial charge is 0.324 e. The summed E-state index contributed by atoms with van der Waals surface area (Å²) in [5.41, 5.74) is 0.820. The summed E-state index contributed by atoms with van der Waals surface area (Å²) in [5, 5.41) is 4.42. The van der Waals surface area contributed by atoms with Gasteiger partial charge in [0, 0.05) is 39.4 Å². The summed E-state index contributed by atoms with van der Waals surface area (Å²) in [7, 11) is 1.80. The minimum atomic E-state index is -0.438. The molecule has 126 valence electrons. The van der Waals surface area contributed by atoms with Gasteiger partial charge < -0.3 is 9.80 Å². The summed E-state index contributed by atoms with van der Waals surface area (Å²) in [5.74, 6) is 0.0917. The first-order chi connectivity index (χ1) is 11.6. The van der Waals surface area contributed by atoms with E-state index < -0.39 is 5.82 Å². The summed E-state index contributed by atoms with van der Waals surface area (Å²) in [6.45, 7) is 2.90. The number of amides is 2. The molecule has 0 spiro atoms. The highest BCUT2D eigenvalue weighted by molar-refractivity contribution is 5.93. The van der Waals surface area contributed by atoms with Crippen LogP contribution in [0.15, 0.2) is 24.8 Å². The SMILES string of the molecule is CN1CCN(c2cnn(C3CCN(c4ncc(F)cn4)C3)c2)C1=O. The number of aromatic nitrogens is 4. The van der Waals surface area contributed by atoms with E-state index in [1.54, 1.807) is 23.0 Å². The Bertz CT molecular complexity index is 747. The number of nitrogens with zero attached hydrogens (tertiary/aromatic N) is 7.